The molecule has 0 radical (unpaired) electrons. The van der Waals surface area contributed by atoms with Crippen LogP contribution >= 0.6 is 0 Å². The fourth-order valence-corrected chi connectivity index (χ4v) is 0.600. The van der Waals surface area contributed by atoms with E-state index in [1.54, 1.807) is 0 Å². The van der Waals surface area contributed by atoms with Gasteiger partial charge in [0, 0.05) is 11.6 Å². The van der Waals surface area contributed by atoms with Crippen molar-refractivity contribution >= 4 is 11.9 Å². The van der Waals surface area contributed by atoms with Crippen molar-refractivity contribution in [1.29, 1.82) is 0 Å². The minimum atomic E-state index is -1.14. The lowest BCUT2D eigenvalue weighted by molar-refractivity contribution is -0.140. The van der Waals surface area contributed by atoms with Crippen LogP contribution in [0.3, 0.4) is 0 Å². The second kappa shape index (κ2) is 5.35. The molecule has 13 heavy (non-hydrogen) atoms. The Morgan fingerprint density at radius 2 is 2.00 bits per heavy atom. The van der Waals surface area contributed by atoms with Crippen LogP contribution in [0.15, 0.2) is 11.6 Å². The van der Waals surface area contributed by atoms with Crippen molar-refractivity contribution in [3.05, 3.63) is 11.6 Å². The number of hydrogen-bond donors (Lipinski definition) is 1. The summed E-state index contributed by atoms with van der Waals surface area (Å²) in [4.78, 5) is 21.2. The summed E-state index contributed by atoms with van der Waals surface area (Å²) >= 11 is 0. The molecule has 0 aromatic rings. The topological polar surface area (TPSA) is 63.6 Å². The Balaban J connectivity index is 4.04. The van der Waals surface area contributed by atoms with Crippen LogP contribution in [-0.4, -0.2) is 23.7 Å². The summed E-state index contributed by atoms with van der Waals surface area (Å²) in [5, 5.41) is 8.33. The fourth-order valence-electron chi connectivity index (χ4n) is 0.600. The summed E-state index contributed by atoms with van der Waals surface area (Å²) < 4.78 is 4.80. The molecule has 0 bridgehead atoms. The van der Waals surface area contributed by atoms with Crippen LogP contribution < -0.4 is 0 Å². The third-order valence-corrected chi connectivity index (χ3v) is 1.21. The Bertz CT molecular complexity index is 228. The van der Waals surface area contributed by atoms with Crippen LogP contribution in [0.5, 0.6) is 0 Å². The summed E-state index contributed by atoms with van der Waals surface area (Å²) in [6.07, 6.45) is 0.836. The van der Waals surface area contributed by atoms with Gasteiger partial charge in [-0.05, 0) is 12.8 Å². The van der Waals surface area contributed by atoms with Crippen LogP contribution in [0.1, 0.15) is 20.8 Å². The average Bonchev–Trinajstić information content (AvgIpc) is 1.98. The van der Waals surface area contributed by atoms with Gasteiger partial charge in [-0.2, -0.15) is 0 Å². The highest BCUT2D eigenvalue weighted by atomic mass is 16.5. The Morgan fingerprint density at radius 1 is 1.46 bits per heavy atom. The van der Waals surface area contributed by atoms with E-state index in [4.69, 9.17) is 9.84 Å². The SMILES string of the molecule is C/C(=C/C(=O)O)C(=O)OCC(C)C. The highest BCUT2D eigenvalue weighted by Gasteiger charge is 2.07. The number of carboxylic acid groups (broad SMARTS) is 1. The standard InChI is InChI=1S/C9H14O4/c1-6(2)5-13-9(12)7(3)4-8(10)11/h4,6H,5H2,1-3H3,(H,10,11)/b7-4-. The first-order chi connectivity index (χ1) is 5.93. The second-order valence-electron chi connectivity index (χ2n) is 3.16. The maximum Gasteiger partial charge on any atom is 0.333 e. The summed E-state index contributed by atoms with van der Waals surface area (Å²) in [7, 11) is 0. The van der Waals surface area contributed by atoms with E-state index in [1.807, 2.05) is 13.8 Å². The number of ether oxygens (including phenoxy) is 1. The van der Waals surface area contributed by atoms with E-state index in [0.717, 1.165) is 6.08 Å². The third-order valence-electron chi connectivity index (χ3n) is 1.21. The minimum Gasteiger partial charge on any atom is -0.478 e. The molecule has 0 aliphatic carbocycles. The van der Waals surface area contributed by atoms with Crippen molar-refractivity contribution in [1.82, 2.24) is 0 Å². The summed E-state index contributed by atoms with van der Waals surface area (Å²) in [6.45, 7) is 5.54. The zero-order valence-electron chi connectivity index (χ0n) is 8.03. The smallest absolute Gasteiger partial charge is 0.333 e. The molecule has 4 heteroatoms. The molecular formula is C9H14O4. The van der Waals surface area contributed by atoms with Crippen molar-refractivity contribution < 1.29 is 19.4 Å². The van der Waals surface area contributed by atoms with Crippen LogP contribution in [0, 0.1) is 5.92 Å². The third kappa shape index (κ3) is 5.90. The highest BCUT2D eigenvalue weighted by Crippen LogP contribution is 1.99. The lowest BCUT2D eigenvalue weighted by Crippen LogP contribution is -2.11. The molecule has 0 rings (SSSR count). The molecule has 0 aromatic carbocycles. The summed E-state index contributed by atoms with van der Waals surface area (Å²) in [6, 6.07) is 0. The van der Waals surface area contributed by atoms with Gasteiger partial charge in [0.1, 0.15) is 0 Å². The van der Waals surface area contributed by atoms with E-state index in [0.29, 0.717) is 6.61 Å². The summed E-state index contributed by atoms with van der Waals surface area (Å²) in [5.74, 6) is -1.46. The van der Waals surface area contributed by atoms with Gasteiger partial charge < -0.3 is 9.84 Å². The highest BCUT2D eigenvalue weighted by molar-refractivity contribution is 5.95. The van der Waals surface area contributed by atoms with Crippen molar-refractivity contribution in [3.63, 3.8) is 0 Å². The molecule has 4 nitrogen and oxygen atoms in total. The quantitative estimate of drug-likeness (QED) is 0.529. The van der Waals surface area contributed by atoms with Crippen LogP contribution in [0.2, 0.25) is 0 Å². The van der Waals surface area contributed by atoms with Crippen LogP contribution in [0.25, 0.3) is 0 Å². The molecule has 74 valence electrons. The Morgan fingerprint density at radius 3 is 2.38 bits per heavy atom. The van der Waals surface area contributed by atoms with Crippen molar-refractivity contribution in [3.8, 4) is 0 Å². The number of rotatable bonds is 4. The molecular weight excluding hydrogens is 172 g/mol. The Labute approximate surface area is 77.2 Å². The molecule has 0 atom stereocenters. The zero-order chi connectivity index (χ0) is 10.4. The van der Waals surface area contributed by atoms with E-state index >= 15 is 0 Å². The molecule has 0 amide bonds. The first-order valence-electron chi connectivity index (χ1n) is 4.01. The van der Waals surface area contributed by atoms with Crippen LogP contribution in [-0.2, 0) is 14.3 Å². The number of aliphatic carboxylic acids is 1. The van der Waals surface area contributed by atoms with E-state index in [9.17, 15) is 9.59 Å². The van der Waals surface area contributed by atoms with Gasteiger partial charge >= 0.3 is 11.9 Å². The van der Waals surface area contributed by atoms with E-state index in [2.05, 4.69) is 0 Å². The van der Waals surface area contributed by atoms with E-state index < -0.39 is 11.9 Å². The summed E-state index contributed by atoms with van der Waals surface area (Å²) in [5.41, 5.74) is 0.105. The average molecular weight is 186 g/mol. The minimum absolute atomic E-state index is 0.105. The Hall–Kier alpha value is -1.32. The molecule has 1 N–H and O–H groups in total. The first-order valence-corrected chi connectivity index (χ1v) is 4.01. The van der Waals surface area contributed by atoms with Crippen molar-refractivity contribution in [2.24, 2.45) is 5.92 Å². The molecule has 0 saturated heterocycles. The normalized spacial score (nSPS) is 11.5. The lowest BCUT2D eigenvalue weighted by atomic mass is 10.2. The molecule has 0 aliphatic heterocycles. The van der Waals surface area contributed by atoms with Gasteiger partial charge in [0.05, 0.1) is 6.61 Å². The van der Waals surface area contributed by atoms with Gasteiger partial charge in [0.25, 0.3) is 0 Å². The largest absolute Gasteiger partial charge is 0.478 e. The van der Waals surface area contributed by atoms with Gasteiger partial charge in [0.2, 0.25) is 0 Å². The maximum atomic E-state index is 11.0. The molecule has 0 saturated carbocycles. The van der Waals surface area contributed by atoms with Gasteiger partial charge in [0.15, 0.2) is 0 Å². The predicted molar refractivity (Wildman–Crippen MR) is 47.2 cm³/mol. The Kier molecular flexibility index (Phi) is 4.80. The van der Waals surface area contributed by atoms with Crippen molar-refractivity contribution in [2.45, 2.75) is 20.8 Å². The molecule has 0 heterocycles. The van der Waals surface area contributed by atoms with E-state index in [1.165, 1.54) is 6.92 Å². The zero-order valence-corrected chi connectivity index (χ0v) is 8.03. The number of carbonyl (C=O) groups is 2. The van der Waals surface area contributed by atoms with Crippen molar-refractivity contribution in [2.75, 3.05) is 6.61 Å². The maximum absolute atomic E-state index is 11.0. The van der Waals surface area contributed by atoms with Gasteiger partial charge in [-0.3, -0.25) is 0 Å². The molecule has 0 aromatic heterocycles. The van der Waals surface area contributed by atoms with Gasteiger partial charge in [-0.25, -0.2) is 9.59 Å². The predicted octanol–water partition coefficient (Wildman–Crippen LogP) is 1.22. The van der Waals surface area contributed by atoms with E-state index in [-0.39, 0.29) is 11.5 Å². The fraction of sp³-hybridized carbons (Fsp3) is 0.556. The molecule has 0 spiro atoms. The van der Waals surface area contributed by atoms with Gasteiger partial charge in [-0.15, -0.1) is 0 Å². The number of carboxylic acids is 1. The van der Waals surface area contributed by atoms with Crippen LogP contribution in [0.4, 0.5) is 0 Å². The van der Waals surface area contributed by atoms with Gasteiger partial charge in [-0.1, -0.05) is 13.8 Å². The monoisotopic (exact) mass is 186 g/mol. The molecule has 0 fully saturated rings. The lowest BCUT2D eigenvalue weighted by Gasteiger charge is -2.06. The number of hydrogen-bond acceptors (Lipinski definition) is 3. The second-order valence-corrected chi connectivity index (χ2v) is 3.16. The molecule has 0 aliphatic rings. The first kappa shape index (κ1) is 11.7. The molecule has 0 unspecified atom stereocenters. The number of carbonyl (C=O) groups excluding carboxylic acids is 1. The number of esters is 1.